The number of halogens is 2. The highest BCUT2D eigenvalue weighted by molar-refractivity contribution is 6.34. The Bertz CT molecular complexity index is 832. The highest BCUT2D eigenvalue weighted by Gasteiger charge is 2.13. The highest BCUT2D eigenvalue weighted by Crippen LogP contribution is 2.26. The van der Waals surface area contributed by atoms with Crippen LogP contribution in [0.3, 0.4) is 0 Å². The Labute approximate surface area is 154 Å². The van der Waals surface area contributed by atoms with Gasteiger partial charge in [-0.1, -0.05) is 17.7 Å². The Hall–Kier alpha value is -2.71. The van der Waals surface area contributed by atoms with Crippen LogP contribution in [0.5, 0.6) is 5.75 Å². The zero-order valence-electron chi connectivity index (χ0n) is 14.2. The Morgan fingerprint density at radius 3 is 2.65 bits per heavy atom. The number of nitro groups is 1. The van der Waals surface area contributed by atoms with Gasteiger partial charge in [0.15, 0.2) is 11.6 Å². The van der Waals surface area contributed by atoms with E-state index in [1.54, 1.807) is 18.0 Å². The molecule has 2 aromatic carbocycles. The SMILES string of the molecule is COc1ccc(CN(C)CC(=O)Nc2ccc([N+](=O)[O-])cc2Cl)cc1F. The van der Waals surface area contributed by atoms with E-state index in [1.165, 1.54) is 37.4 Å². The number of carbonyl (C=O) groups excluding carboxylic acids is 1. The maximum Gasteiger partial charge on any atom is 0.271 e. The van der Waals surface area contributed by atoms with Crippen molar-refractivity contribution >= 4 is 28.9 Å². The van der Waals surface area contributed by atoms with Crippen molar-refractivity contribution in [3.8, 4) is 5.75 Å². The fourth-order valence-electron chi connectivity index (χ4n) is 2.33. The molecule has 0 saturated heterocycles. The van der Waals surface area contributed by atoms with Crippen molar-refractivity contribution in [3.63, 3.8) is 0 Å². The van der Waals surface area contributed by atoms with Crippen LogP contribution in [0.4, 0.5) is 15.8 Å². The van der Waals surface area contributed by atoms with Crippen LogP contribution in [-0.4, -0.2) is 36.4 Å². The third-order valence-electron chi connectivity index (χ3n) is 3.52. The van der Waals surface area contributed by atoms with Gasteiger partial charge in [-0.05, 0) is 30.8 Å². The first-order valence-electron chi connectivity index (χ1n) is 7.55. The first-order valence-corrected chi connectivity index (χ1v) is 7.92. The number of likely N-dealkylation sites (N-methyl/N-ethyl adjacent to an activating group) is 1. The van der Waals surface area contributed by atoms with Crippen molar-refractivity contribution in [1.29, 1.82) is 0 Å². The molecule has 0 aliphatic heterocycles. The summed E-state index contributed by atoms with van der Waals surface area (Å²) in [5, 5.41) is 13.4. The number of anilines is 1. The van der Waals surface area contributed by atoms with Crippen LogP contribution in [0.2, 0.25) is 5.02 Å². The van der Waals surface area contributed by atoms with Gasteiger partial charge in [-0.3, -0.25) is 19.8 Å². The first kappa shape index (κ1) is 19.6. The first-order chi connectivity index (χ1) is 12.3. The van der Waals surface area contributed by atoms with Gasteiger partial charge >= 0.3 is 0 Å². The van der Waals surface area contributed by atoms with E-state index in [0.717, 1.165) is 0 Å². The van der Waals surface area contributed by atoms with Gasteiger partial charge in [0, 0.05) is 18.7 Å². The van der Waals surface area contributed by atoms with Crippen LogP contribution >= 0.6 is 11.6 Å². The summed E-state index contributed by atoms with van der Waals surface area (Å²) < 4.78 is 18.6. The summed E-state index contributed by atoms with van der Waals surface area (Å²) >= 11 is 5.94. The number of hydrogen-bond donors (Lipinski definition) is 1. The number of nitrogens with one attached hydrogen (secondary N) is 1. The van der Waals surface area contributed by atoms with Crippen molar-refractivity contribution in [2.45, 2.75) is 6.54 Å². The molecule has 2 rings (SSSR count). The maximum absolute atomic E-state index is 13.7. The van der Waals surface area contributed by atoms with Gasteiger partial charge in [0.25, 0.3) is 5.69 Å². The molecular weight excluding hydrogens is 365 g/mol. The molecule has 1 amide bonds. The van der Waals surface area contributed by atoms with Crippen molar-refractivity contribution < 1.29 is 18.8 Å². The van der Waals surface area contributed by atoms with Crippen molar-refractivity contribution in [3.05, 3.63) is 62.9 Å². The predicted molar refractivity (Wildman–Crippen MR) is 96.0 cm³/mol. The number of nitro benzene ring substituents is 1. The number of methoxy groups -OCH3 is 1. The molecule has 1 N–H and O–H groups in total. The van der Waals surface area contributed by atoms with Gasteiger partial charge in [-0.15, -0.1) is 0 Å². The molecule has 0 bridgehead atoms. The van der Waals surface area contributed by atoms with Crippen LogP contribution in [0, 0.1) is 15.9 Å². The Morgan fingerprint density at radius 2 is 2.08 bits per heavy atom. The molecule has 0 fully saturated rings. The second-order valence-electron chi connectivity index (χ2n) is 5.61. The number of carbonyl (C=O) groups is 1. The van der Waals surface area contributed by atoms with Crippen LogP contribution in [0.15, 0.2) is 36.4 Å². The van der Waals surface area contributed by atoms with Crippen molar-refractivity contribution in [1.82, 2.24) is 4.90 Å². The minimum absolute atomic E-state index is 0.0287. The summed E-state index contributed by atoms with van der Waals surface area (Å²) in [6.45, 7) is 0.378. The van der Waals surface area contributed by atoms with E-state index >= 15 is 0 Å². The van der Waals surface area contributed by atoms with E-state index in [9.17, 15) is 19.3 Å². The summed E-state index contributed by atoms with van der Waals surface area (Å²) in [7, 11) is 3.09. The normalized spacial score (nSPS) is 10.7. The quantitative estimate of drug-likeness (QED) is 0.586. The smallest absolute Gasteiger partial charge is 0.271 e. The second kappa shape index (κ2) is 8.59. The number of nitrogens with zero attached hydrogens (tertiary/aromatic N) is 2. The molecule has 0 atom stereocenters. The van der Waals surface area contributed by atoms with Crippen LogP contribution in [0.25, 0.3) is 0 Å². The standard InChI is InChI=1S/C17H17ClFN3O4/c1-21(9-11-3-6-16(26-2)14(19)7-11)10-17(23)20-15-5-4-12(22(24)25)8-13(15)18/h3-8H,9-10H2,1-2H3,(H,20,23). The Kier molecular flexibility index (Phi) is 6.48. The second-order valence-corrected chi connectivity index (χ2v) is 6.02. The van der Waals surface area contributed by atoms with E-state index < -0.39 is 10.7 Å². The lowest BCUT2D eigenvalue weighted by Crippen LogP contribution is -2.30. The predicted octanol–water partition coefficient (Wildman–Crippen LogP) is 3.47. The fourth-order valence-corrected chi connectivity index (χ4v) is 2.55. The molecule has 0 spiro atoms. The number of amides is 1. The van der Waals surface area contributed by atoms with E-state index in [1.807, 2.05) is 0 Å². The lowest BCUT2D eigenvalue weighted by Gasteiger charge is -2.17. The third kappa shape index (κ3) is 5.14. The zero-order valence-corrected chi connectivity index (χ0v) is 14.9. The summed E-state index contributed by atoms with van der Waals surface area (Å²) in [6.07, 6.45) is 0. The maximum atomic E-state index is 13.7. The molecular formula is C17H17ClFN3O4. The van der Waals surface area contributed by atoms with Crippen LogP contribution in [0.1, 0.15) is 5.56 Å². The van der Waals surface area contributed by atoms with E-state index in [4.69, 9.17) is 16.3 Å². The number of hydrogen-bond acceptors (Lipinski definition) is 5. The lowest BCUT2D eigenvalue weighted by molar-refractivity contribution is -0.384. The fraction of sp³-hybridized carbons (Fsp3) is 0.235. The summed E-state index contributed by atoms with van der Waals surface area (Å²) in [4.78, 5) is 23.9. The average Bonchev–Trinajstić information content (AvgIpc) is 2.56. The van der Waals surface area contributed by atoms with Gasteiger partial charge in [-0.25, -0.2) is 4.39 Å². The summed E-state index contributed by atoms with van der Waals surface area (Å²) in [6, 6.07) is 8.38. The largest absolute Gasteiger partial charge is 0.494 e. The molecule has 9 heteroatoms. The molecule has 2 aromatic rings. The van der Waals surface area contributed by atoms with E-state index in [-0.39, 0.29) is 34.6 Å². The minimum Gasteiger partial charge on any atom is -0.494 e. The van der Waals surface area contributed by atoms with Crippen LogP contribution in [-0.2, 0) is 11.3 Å². The van der Waals surface area contributed by atoms with Crippen molar-refractivity contribution in [2.24, 2.45) is 0 Å². The number of non-ortho nitro benzene ring substituents is 1. The van der Waals surface area contributed by atoms with Gasteiger partial charge < -0.3 is 10.1 Å². The summed E-state index contributed by atoms with van der Waals surface area (Å²) in [5.41, 5.74) is 0.810. The molecule has 138 valence electrons. The third-order valence-corrected chi connectivity index (χ3v) is 3.83. The van der Waals surface area contributed by atoms with E-state index in [2.05, 4.69) is 5.32 Å². The molecule has 0 unspecified atom stereocenters. The number of benzene rings is 2. The Morgan fingerprint density at radius 1 is 1.35 bits per heavy atom. The molecule has 26 heavy (non-hydrogen) atoms. The highest BCUT2D eigenvalue weighted by atomic mass is 35.5. The molecule has 0 radical (unpaired) electrons. The average molecular weight is 382 g/mol. The van der Waals surface area contributed by atoms with Crippen molar-refractivity contribution in [2.75, 3.05) is 26.0 Å². The van der Waals surface area contributed by atoms with Gasteiger partial charge in [-0.2, -0.15) is 0 Å². The van der Waals surface area contributed by atoms with E-state index in [0.29, 0.717) is 12.1 Å². The molecule has 0 aliphatic rings. The summed E-state index contributed by atoms with van der Waals surface area (Å²) in [5.74, 6) is -0.667. The minimum atomic E-state index is -0.570. The number of rotatable bonds is 7. The number of ether oxygens (including phenoxy) is 1. The molecule has 0 aliphatic carbocycles. The molecule has 7 nitrogen and oxygen atoms in total. The van der Waals surface area contributed by atoms with Gasteiger partial charge in [0.2, 0.25) is 5.91 Å². The zero-order chi connectivity index (χ0) is 19.3. The Balaban J connectivity index is 1.95. The molecule has 0 heterocycles. The monoisotopic (exact) mass is 381 g/mol. The molecule has 0 saturated carbocycles. The van der Waals surface area contributed by atoms with Gasteiger partial charge in [0.05, 0.1) is 29.3 Å². The topological polar surface area (TPSA) is 84.7 Å². The molecule has 0 aromatic heterocycles. The lowest BCUT2D eigenvalue weighted by atomic mass is 10.2. The van der Waals surface area contributed by atoms with Crippen LogP contribution < -0.4 is 10.1 Å². The van der Waals surface area contributed by atoms with Gasteiger partial charge in [0.1, 0.15) is 0 Å².